The first kappa shape index (κ1) is 18.4. The number of carbonyl (C=O) groups excluding carboxylic acids is 1. The van der Waals surface area contributed by atoms with Crippen molar-refractivity contribution in [2.75, 3.05) is 5.32 Å². The Kier molecular flexibility index (Phi) is 5.90. The van der Waals surface area contributed by atoms with E-state index in [1.54, 1.807) is 10.6 Å². The van der Waals surface area contributed by atoms with Gasteiger partial charge in [-0.3, -0.25) is 14.7 Å². The maximum absolute atomic E-state index is 13.8. The molecule has 0 radical (unpaired) electrons. The predicted octanol–water partition coefficient (Wildman–Crippen LogP) is 4.64. The van der Waals surface area contributed by atoms with Crippen LogP contribution in [0.25, 0.3) is 0 Å². The Labute approximate surface area is 159 Å². The number of aromatic nitrogens is 3. The Bertz CT molecular complexity index is 931. The number of halogens is 2. The van der Waals surface area contributed by atoms with Gasteiger partial charge in [-0.2, -0.15) is 0 Å². The van der Waals surface area contributed by atoms with E-state index in [-0.39, 0.29) is 11.5 Å². The smallest absolute Gasteiger partial charge is 0.260 e. The number of amides is 1. The van der Waals surface area contributed by atoms with Crippen LogP contribution in [0.3, 0.4) is 0 Å². The van der Waals surface area contributed by atoms with Gasteiger partial charge in [0, 0.05) is 17.3 Å². The van der Waals surface area contributed by atoms with Gasteiger partial charge in [0.05, 0.1) is 5.56 Å². The van der Waals surface area contributed by atoms with Crippen molar-refractivity contribution in [1.82, 2.24) is 14.8 Å². The fraction of sp³-hybridized carbons (Fsp3) is 0.167. The summed E-state index contributed by atoms with van der Waals surface area (Å²) in [6.07, 6.45) is 0. The zero-order valence-electron chi connectivity index (χ0n) is 13.9. The molecule has 0 saturated carbocycles. The zero-order chi connectivity index (χ0) is 18.5. The van der Waals surface area contributed by atoms with E-state index in [0.717, 1.165) is 5.56 Å². The summed E-state index contributed by atoms with van der Waals surface area (Å²) < 4.78 is 15.5. The minimum absolute atomic E-state index is 0.0385. The first-order valence-electron chi connectivity index (χ1n) is 7.95. The minimum Gasteiger partial charge on any atom is -0.290 e. The van der Waals surface area contributed by atoms with Crippen molar-refractivity contribution in [3.63, 3.8) is 0 Å². The van der Waals surface area contributed by atoms with E-state index < -0.39 is 11.7 Å². The highest BCUT2D eigenvalue weighted by molar-refractivity contribution is 7.98. The van der Waals surface area contributed by atoms with Crippen LogP contribution in [0.5, 0.6) is 0 Å². The van der Waals surface area contributed by atoms with Crippen LogP contribution in [0.2, 0.25) is 5.02 Å². The topological polar surface area (TPSA) is 59.8 Å². The van der Waals surface area contributed by atoms with E-state index >= 15 is 0 Å². The molecule has 5 nitrogen and oxygen atoms in total. The molecule has 0 unspecified atom stereocenters. The van der Waals surface area contributed by atoms with Crippen molar-refractivity contribution in [1.29, 1.82) is 0 Å². The van der Waals surface area contributed by atoms with Gasteiger partial charge in [0.1, 0.15) is 5.82 Å². The molecule has 1 amide bonds. The summed E-state index contributed by atoms with van der Waals surface area (Å²) in [4.78, 5) is 12.3. The highest BCUT2D eigenvalue weighted by atomic mass is 35.5. The van der Waals surface area contributed by atoms with Gasteiger partial charge in [-0.25, -0.2) is 4.39 Å². The molecule has 0 atom stereocenters. The lowest BCUT2D eigenvalue weighted by molar-refractivity contribution is 0.102. The summed E-state index contributed by atoms with van der Waals surface area (Å²) in [6, 6.07) is 13.4. The van der Waals surface area contributed by atoms with E-state index in [2.05, 4.69) is 15.5 Å². The van der Waals surface area contributed by atoms with Crippen molar-refractivity contribution in [2.45, 2.75) is 24.4 Å². The first-order valence-corrected chi connectivity index (χ1v) is 9.31. The molecular weight excluding hydrogens is 375 g/mol. The number of rotatable bonds is 6. The van der Waals surface area contributed by atoms with E-state index in [0.29, 0.717) is 22.5 Å². The number of nitrogens with zero attached hydrogens (tertiary/aromatic N) is 3. The van der Waals surface area contributed by atoms with Crippen LogP contribution in [-0.2, 0) is 12.3 Å². The molecule has 3 rings (SSSR count). The molecule has 2 aromatic carbocycles. The predicted molar refractivity (Wildman–Crippen MR) is 101 cm³/mol. The molecule has 1 aromatic heterocycles. The third-order valence-corrected chi connectivity index (χ3v) is 5.08. The molecular formula is C18H16ClFN4OS. The van der Waals surface area contributed by atoms with Gasteiger partial charge in [0.2, 0.25) is 5.95 Å². The Morgan fingerprint density at radius 1 is 1.19 bits per heavy atom. The summed E-state index contributed by atoms with van der Waals surface area (Å²) in [7, 11) is 0. The lowest BCUT2D eigenvalue weighted by atomic mass is 10.2. The van der Waals surface area contributed by atoms with Crippen LogP contribution in [-0.4, -0.2) is 20.7 Å². The van der Waals surface area contributed by atoms with Crippen LogP contribution in [0.1, 0.15) is 22.8 Å². The summed E-state index contributed by atoms with van der Waals surface area (Å²) >= 11 is 7.64. The monoisotopic (exact) mass is 390 g/mol. The first-order chi connectivity index (χ1) is 12.6. The van der Waals surface area contributed by atoms with Gasteiger partial charge < -0.3 is 0 Å². The molecule has 0 bridgehead atoms. The summed E-state index contributed by atoms with van der Waals surface area (Å²) in [5.74, 6) is -0.241. The Morgan fingerprint density at radius 3 is 2.65 bits per heavy atom. The molecule has 0 saturated heterocycles. The van der Waals surface area contributed by atoms with Crippen LogP contribution >= 0.6 is 23.4 Å². The number of benzene rings is 2. The standard InChI is InChI=1S/C18H16ClFN4OS/c1-2-24-17(21-16(25)13-8-4-6-10-15(13)20)22-23-18(24)26-11-12-7-3-5-9-14(12)19/h3-10H,2,11H2,1H3,(H,21,22,25). The van der Waals surface area contributed by atoms with Gasteiger partial charge in [-0.1, -0.05) is 53.7 Å². The average molecular weight is 391 g/mol. The molecule has 26 heavy (non-hydrogen) atoms. The molecule has 0 aliphatic heterocycles. The molecule has 0 spiro atoms. The van der Waals surface area contributed by atoms with E-state index in [1.165, 1.54) is 30.0 Å². The van der Waals surface area contributed by atoms with Gasteiger partial charge in [0.25, 0.3) is 5.91 Å². The highest BCUT2D eigenvalue weighted by Gasteiger charge is 2.17. The van der Waals surface area contributed by atoms with Gasteiger partial charge in [-0.15, -0.1) is 10.2 Å². The number of carbonyl (C=O) groups is 1. The normalized spacial score (nSPS) is 10.7. The van der Waals surface area contributed by atoms with Crippen LogP contribution in [0.15, 0.2) is 53.7 Å². The van der Waals surface area contributed by atoms with Crippen molar-refractivity contribution in [2.24, 2.45) is 0 Å². The summed E-state index contributed by atoms with van der Waals surface area (Å²) in [6.45, 7) is 2.48. The number of nitrogens with one attached hydrogen (secondary N) is 1. The molecule has 1 N–H and O–H groups in total. The number of anilines is 1. The SMILES string of the molecule is CCn1c(NC(=O)c2ccccc2F)nnc1SCc1ccccc1Cl. The van der Waals surface area contributed by atoms with Crippen molar-refractivity contribution >= 4 is 35.2 Å². The molecule has 0 aliphatic rings. The third kappa shape index (κ3) is 4.05. The maximum atomic E-state index is 13.8. The summed E-state index contributed by atoms with van der Waals surface area (Å²) in [5, 5.41) is 12.1. The van der Waals surface area contributed by atoms with Gasteiger partial charge in [-0.05, 0) is 30.7 Å². The average Bonchev–Trinajstić information content (AvgIpc) is 3.02. The second-order valence-corrected chi connectivity index (χ2v) is 6.71. The van der Waals surface area contributed by atoms with Crippen LogP contribution < -0.4 is 5.32 Å². The van der Waals surface area contributed by atoms with Crippen molar-refractivity contribution in [3.05, 3.63) is 70.5 Å². The Balaban J connectivity index is 1.75. The molecule has 1 heterocycles. The fourth-order valence-corrected chi connectivity index (χ4v) is 3.63. The van der Waals surface area contributed by atoms with E-state index in [1.807, 2.05) is 31.2 Å². The maximum Gasteiger partial charge on any atom is 0.260 e. The molecule has 0 fully saturated rings. The fourth-order valence-electron chi connectivity index (χ4n) is 2.34. The molecule has 0 aliphatic carbocycles. The van der Waals surface area contributed by atoms with Gasteiger partial charge >= 0.3 is 0 Å². The lowest BCUT2D eigenvalue weighted by Crippen LogP contribution is -2.17. The Morgan fingerprint density at radius 2 is 1.92 bits per heavy atom. The van der Waals surface area contributed by atoms with Crippen molar-refractivity contribution in [3.8, 4) is 0 Å². The minimum atomic E-state index is -0.583. The van der Waals surface area contributed by atoms with E-state index in [4.69, 9.17) is 11.6 Å². The zero-order valence-corrected chi connectivity index (χ0v) is 15.5. The van der Waals surface area contributed by atoms with E-state index in [9.17, 15) is 9.18 Å². The second-order valence-electron chi connectivity index (χ2n) is 5.36. The van der Waals surface area contributed by atoms with Crippen LogP contribution in [0, 0.1) is 5.82 Å². The number of hydrogen-bond donors (Lipinski definition) is 1. The van der Waals surface area contributed by atoms with Gasteiger partial charge in [0.15, 0.2) is 5.16 Å². The van der Waals surface area contributed by atoms with Crippen molar-refractivity contribution < 1.29 is 9.18 Å². The molecule has 3 aromatic rings. The largest absolute Gasteiger partial charge is 0.290 e. The highest BCUT2D eigenvalue weighted by Crippen LogP contribution is 2.27. The lowest BCUT2D eigenvalue weighted by Gasteiger charge is -2.09. The second kappa shape index (κ2) is 8.33. The number of hydrogen-bond acceptors (Lipinski definition) is 4. The quantitative estimate of drug-likeness (QED) is 0.623. The molecule has 134 valence electrons. The number of thioether (sulfide) groups is 1. The third-order valence-electron chi connectivity index (χ3n) is 3.69. The van der Waals surface area contributed by atoms with Crippen LogP contribution in [0.4, 0.5) is 10.3 Å². The molecule has 8 heteroatoms. The Hall–Kier alpha value is -2.38. The summed E-state index contributed by atoms with van der Waals surface area (Å²) in [5.41, 5.74) is 0.949.